The summed E-state index contributed by atoms with van der Waals surface area (Å²) in [5.74, 6) is 2.28. The number of aromatic hydroxyl groups is 2. The highest BCUT2D eigenvalue weighted by Gasteiger charge is 2.19. The molecule has 4 aromatic rings. The predicted octanol–water partition coefficient (Wildman–Crippen LogP) is 6.57. The minimum absolute atomic E-state index is 0.270. The van der Waals surface area contributed by atoms with Gasteiger partial charge in [0.15, 0.2) is 0 Å². The molecule has 4 aromatic carbocycles. The van der Waals surface area contributed by atoms with Crippen molar-refractivity contribution in [3.8, 4) is 23.0 Å². The summed E-state index contributed by atoms with van der Waals surface area (Å²) < 4.78 is 12.4. The molecule has 0 spiro atoms. The van der Waals surface area contributed by atoms with Crippen LogP contribution in [0.15, 0.2) is 72.8 Å². The maximum Gasteiger partial charge on any atom is 0.126 e. The van der Waals surface area contributed by atoms with Crippen LogP contribution in [0.25, 0.3) is 0 Å². The van der Waals surface area contributed by atoms with Gasteiger partial charge in [-0.2, -0.15) is 0 Å². The first-order valence-corrected chi connectivity index (χ1v) is 12.7. The van der Waals surface area contributed by atoms with E-state index in [2.05, 4.69) is 36.4 Å². The quantitative estimate of drug-likeness (QED) is 0.305. The molecule has 184 valence electrons. The number of hydrogen-bond donors (Lipinski definition) is 2. The number of para-hydroxylation sites is 4. The van der Waals surface area contributed by atoms with E-state index in [1.165, 1.54) is 0 Å². The minimum Gasteiger partial charge on any atom is -0.507 e. The van der Waals surface area contributed by atoms with E-state index in [0.29, 0.717) is 38.9 Å². The van der Waals surface area contributed by atoms with Crippen molar-refractivity contribution in [2.24, 2.45) is 0 Å². The van der Waals surface area contributed by atoms with Crippen LogP contribution >= 0.6 is 0 Å². The van der Waals surface area contributed by atoms with Crippen molar-refractivity contribution in [3.05, 3.63) is 117 Å². The lowest BCUT2D eigenvalue weighted by molar-refractivity contribution is 0.330. The van der Waals surface area contributed by atoms with E-state index in [0.717, 1.165) is 56.0 Å². The Labute approximate surface area is 212 Å². The Kier molecular flexibility index (Phi) is 6.86. The van der Waals surface area contributed by atoms with Crippen LogP contribution in [-0.4, -0.2) is 23.4 Å². The highest BCUT2D eigenvalue weighted by Crippen LogP contribution is 2.37. The highest BCUT2D eigenvalue weighted by molar-refractivity contribution is 5.55. The van der Waals surface area contributed by atoms with Gasteiger partial charge in [0.1, 0.15) is 23.0 Å². The monoisotopic (exact) mass is 480 g/mol. The van der Waals surface area contributed by atoms with E-state index in [1.54, 1.807) is 0 Å². The van der Waals surface area contributed by atoms with Gasteiger partial charge in [0.2, 0.25) is 0 Å². The number of phenols is 2. The smallest absolute Gasteiger partial charge is 0.126 e. The van der Waals surface area contributed by atoms with Crippen LogP contribution in [0.1, 0.15) is 58.4 Å². The van der Waals surface area contributed by atoms with Crippen LogP contribution in [0.5, 0.6) is 23.0 Å². The standard InChI is InChI=1S/C32H32O4/c1-3-35-31-25-13-7-15-27(31)20-28-16-8-14-26(32(28)36-4-2)19-24-12-6-10-22(30(24)34)17-21-9-5-11-23(18-25)29(21)33/h5-16,33-34H,3-4,17-20H2,1-2H3. The Balaban J connectivity index is 1.73. The molecule has 0 amide bonds. The van der Waals surface area contributed by atoms with Crippen LogP contribution in [0, 0.1) is 0 Å². The van der Waals surface area contributed by atoms with Crippen LogP contribution in [0.3, 0.4) is 0 Å². The summed E-state index contributed by atoms with van der Waals surface area (Å²) in [5, 5.41) is 22.4. The van der Waals surface area contributed by atoms with E-state index >= 15 is 0 Å². The molecule has 4 heteroatoms. The van der Waals surface area contributed by atoms with Crippen molar-refractivity contribution in [1.29, 1.82) is 0 Å². The Morgan fingerprint density at radius 3 is 1.03 bits per heavy atom. The molecule has 0 fully saturated rings. The molecule has 0 saturated heterocycles. The minimum atomic E-state index is 0.270. The normalized spacial score (nSPS) is 12.7. The maximum atomic E-state index is 11.2. The molecule has 0 aliphatic heterocycles. The van der Waals surface area contributed by atoms with Crippen molar-refractivity contribution in [3.63, 3.8) is 0 Å². The van der Waals surface area contributed by atoms with Gasteiger partial charge in [0, 0.05) is 25.7 Å². The number of hydrogen-bond acceptors (Lipinski definition) is 4. The first kappa shape index (κ1) is 23.8. The van der Waals surface area contributed by atoms with Gasteiger partial charge >= 0.3 is 0 Å². The molecule has 36 heavy (non-hydrogen) atoms. The van der Waals surface area contributed by atoms with E-state index < -0.39 is 0 Å². The Morgan fingerprint density at radius 1 is 0.472 bits per heavy atom. The molecule has 0 atom stereocenters. The number of fused-ring (bicyclic) bond motifs is 8. The zero-order valence-corrected chi connectivity index (χ0v) is 20.9. The summed E-state index contributed by atoms with van der Waals surface area (Å²) in [5.41, 5.74) is 7.49. The van der Waals surface area contributed by atoms with Gasteiger partial charge in [0.05, 0.1) is 13.2 Å². The van der Waals surface area contributed by atoms with E-state index in [4.69, 9.17) is 9.47 Å². The first-order valence-electron chi connectivity index (χ1n) is 12.7. The zero-order chi connectivity index (χ0) is 25.1. The van der Waals surface area contributed by atoms with Gasteiger partial charge in [-0.25, -0.2) is 0 Å². The molecule has 0 heterocycles. The van der Waals surface area contributed by atoms with E-state index in [1.807, 2.05) is 50.2 Å². The van der Waals surface area contributed by atoms with Crippen LogP contribution < -0.4 is 9.47 Å². The summed E-state index contributed by atoms with van der Waals surface area (Å²) in [6.07, 6.45) is 2.20. The van der Waals surface area contributed by atoms with Crippen LogP contribution in [0.2, 0.25) is 0 Å². The highest BCUT2D eigenvalue weighted by atomic mass is 16.5. The molecular weight excluding hydrogens is 448 g/mol. The van der Waals surface area contributed by atoms with Crippen molar-refractivity contribution in [2.45, 2.75) is 39.5 Å². The number of phenolic OH excluding ortho intramolecular Hbond substituents is 2. The third-order valence-corrected chi connectivity index (χ3v) is 6.86. The fraction of sp³-hybridized carbons (Fsp3) is 0.250. The Bertz CT molecular complexity index is 1280. The van der Waals surface area contributed by atoms with E-state index in [9.17, 15) is 10.2 Å². The molecule has 2 N–H and O–H groups in total. The number of benzene rings is 4. The summed E-state index contributed by atoms with van der Waals surface area (Å²) in [7, 11) is 0. The second kappa shape index (κ2) is 10.4. The van der Waals surface area contributed by atoms with Gasteiger partial charge in [-0.3, -0.25) is 0 Å². The van der Waals surface area contributed by atoms with Gasteiger partial charge in [0.25, 0.3) is 0 Å². The largest absolute Gasteiger partial charge is 0.507 e. The third kappa shape index (κ3) is 4.64. The predicted molar refractivity (Wildman–Crippen MR) is 143 cm³/mol. The van der Waals surface area contributed by atoms with Crippen LogP contribution in [-0.2, 0) is 25.7 Å². The van der Waals surface area contributed by atoms with Gasteiger partial charge in [-0.1, -0.05) is 72.8 Å². The molecule has 5 rings (SSSR count). The molecule has 8 bridgehead atoms. The Hall–Kier alpha value is -3.92. The second-order valence-electron chi connectivity index (χ2n) is 9.23. The third-order valence-electron chi connectivity index (χ3n) is 6.86. The molecule has 4 nitrogen and oxygen atoms in total. The number of ether oxygens (including phenoxy) is 2. The van der Waals surface area contributed by atoms with E-state index in [-0.39, 0.29) is 11.5 Å². The number of rotatable bonds is 4. The molecule has 0 saturated carbocycles. The topological polar surface area (TPSA) is 58.9 Å². The average molecular weight is 481 g/mol. The molecule has 0 radical (unpaired) electrons. The van der Waals surface area contributed by atoms with Crippen molar-refractivity contribution in [2.75, 3.05) is 13.2 Å². The summed E-state index contributed by atoms with van der Waals surface area (Å²) in [4.78, 5) is 0. The molecule has 1 aliphatic carbocycles. The van der Waals surface area contributed by atoms with Gasteiger partial charge in [-0.15, -0.1) is 0 Å². The molecular formula is C32H32O4. The average Bonchev–Trinajstić information content (AvgIpc) is 2.87. The zero-order valence-electron chi connectivity index (χ0n) is 20.9. The fourth-order valence-electron chi connectivity index (χ4n) is 5.17. The lowest BCUT2D eigenvalue weighted by Gasteiger charge is -2.20. The Morgan fingerprint density at radius 2 is 0.722 bits per heavy atom. The summed E-state index contributed by atoms with van der Waals surface area (Å²) in [6.45, 7) is 5.11. The van der Waals surface area contributed by atoms with Crippen molar-refractivity contribution in [1.82, 2.24) is 0 Å². The van der Waals surface area contributed by atoms with Crippen molar-refractivity contribution >= 4 is 0 Å². The lowest BCUT2D eigenvalue weighted by atomic mass is 9.91. The SMILES string of the molecule is CCOc1c2cccc1Cc1cccc(c1OCC)Cc1cccc(c1O)Cc1cccc(c1O)C2. The molecule has 0 unspecified atom stereocenters. The lowest BCUT2D eigenvalue weighted by Crippen LogP contribution is -2.06. The first-order chi connectivity index (χ1) is 17.6. The van der Waals surface area contributed by atoms with Crippen molar-refractivity contribution < 1.29 is 19.7 Å². The van der Waals surface area contributed by atoms with Crippen LogP contribution in [0.4, 0.5) is 0 Å². The second-order valence-corrected chi connectivity index (χ2v) is 9.23. The maximum absolute atomic E-state index is 11.2. The summed E-state index contributed by atoms with van der Waals surface area (Å²) in [6, 6.07) is 24.2. The fourth-order valence-corrected chi connectivity index (χ4v) is 5.17. The van der Waals surface area contributed by atoms with Gasteiger partial charge < -0.3 is 19.7 Å². The van der Waals surface area contributed by atoms with Gasteiger partial charge in [-0.05, 0) is 58.4 Å². The molecule has 0 aromatic heterocycles. The summed E-state index contributed by atoms with van der Waals surface area (Å²) >= 11 is 0. The molecule has 1 aliphatic rings.